The Morgan fingerprint density at radius 3 is 0.838 bits per heavy atom. The van der Waals surface area contributed by atoms with E-state index in [0.29, 0.717) is 111 Å². The largest absolute Gasteiger partial charge is 0.394 e. The molecule has 0 N–H and O–H groups in total. The third-order valence-corrected chi connectivity index (χ3v) is 24.4. The van der Waals surface area contributed by atoms with Crippen molar-refractivity contribution in [3.05, 3.63) is 382 Å². The number of benzene rings is 10. The molecule has 0 atom stereocenters. The average molecular weight is 1860 g/mol. The van der Waals surface area contributed by atoms with Crippen LogP contribution in [-0.4, -0.2) is 6.18 Å². The van der Waals surface area contributed by atoms with Crippen LogP contribution < -0.4 is 22.8 Å². The first kappa shape index (κ1) is 63.9. The third kappa shape index (κ3) is 25.3. The van der Waals surface area contributed by atoms with Crippen LogP contribution in [0.4, 0.5) is 13.2 Å². The average Bonchev–Trinajstić information content (AvgIpc) is 0.765. The van der Waals surface area contributed by atoms with E-state index < -0.39 is 111 Å². The Bertz CT molecular complexity index is 8530. The molecule has 5 aromatic heterocycles. The fraction of sp³-hybridized carbons (Fsp3) is 0.336. The van der Waals surface area contributed by atoms with Crippen molar-refractivity contribution in [2.75, 3.05) is 0 Å². The molecule has 0 aliphatic heterocycles. The summed E-state index contributed by atoms with van der Waals surface area (Å²) in [7, 11) is 8.86. The molecule has 8 heteroatoms. The van der Waals surface area contributed by atoms with Gasteiger partial charge in [-0.25, -0.2) is 22.8 Å². The maximum Gasteiger partial charge on any atom is 0.394 e. The smallest absolute Gasteiger partial charge is 0.201 e. The van der Waals surface area contributed by atoms with E-state index in [2.05, 4.69) is 0 Å². The van der Waals surface area contributed by atoms with Gasteiger partial charge in [0.05, 0.1) is 5.41 Å². The molecular weight excluding hydrogens is 1660 g/mol. The molecule has 136 heavy (non-hydrogen) atoms. The zero-order chi connectivity index (χ0) is 131. The molecule has 706 valence electrons. The number of rotatable bonds is 16. The van der Waals surface area contributed by atoms with Gasteiger partial charge in [0.1, 0.15) is 35.2 Å². The number of aromatic nitrogens is 5. The minimum atomic E-state index is -4.79. The fourth-order valence-electron chi connectivity index (χ4n) is 16.5. The van der Waals surface area contributed by atoms with E-state index >= 15 is 0 Å². The van der Waals surface area contributed by atoms with E-state index in [1.54, 1.807) is 216 Å². The van der Waals surface area contributed by atoms with Crippen LogP contribution in [0.3, 0.4) is 0 Å². The molecule has 0 aliphatic carbocycles. The minimum Gasteiger partial charge on any atom is -0.201 e. The van der Waals surface area contributed by atoms with Gasteiger partial charge in [0.2, 0.25) is 28.5 Å². The van der Waals surface area contributed by atoms with Gasteiger partial charge < -0.3 is 0 Å². The summed E-state index contributed by atoms with van der Waals surface area (Å²) < 4.78 is 347. The summed E-state index contributed by atoms with van der Waals surface area (Å²) in [6.45, 7) is 11.3. The van der Waals surface area contributed by atoms with Crippen LogP contribution in [0.1, 0.15) is 258 Å². The maximum absolute atomic E-state index is 13.6. The summed E-state index contributed by atoms with van der Waals surface area (Å²) >= 11 is 0. The van der Waals surface area contributed by atoms with Crippen molar-refractivity contribution in [2.24, 2.45) is 52.0 Å². The van der Waals surface area contributed by atoms with Gasteiger partial charge in [-0.15, -0.1) is 0 Å². The summed E-state index contributed by atoms with van der Waals surface area (Å²) in [6.07, 6.45) is -2.75. The molecular formula is C128H153F3N5+5. The van der Waals surface area contributed by atoms with Gasteiger partial charge in [0, 0.05) is 137 Å². The van der Waals surface area contributed by atoms with E-state index in [-0.39, 0.29) is 56.0 Å². The topological polar surface area (TPSA) is 19.4 Å². The van der Waals surface area contributed by atoms with Crippen molar-refractivity contribution in [3.63, 3.8) is 0 Å². The number of hydrogen-bond donors (Lipinski definition) is 0. The Morgan fingerprint density at radius 1 is 0.272 bits per heavy atom. The predicted molar refractivity (Wildman–Crippen MR) is 571 cm³/mol. The summed E-state index contributed by atoms with van der Waals surface area (Å²) in [4.78, 5) is 0. The van der Waals surface area contributed by atoms with Crippen LogP contribution in [-0.2, 0) is 54.4 Å². The molecule has 5 heterocycles. The van der Waals surface area contributed by atoms with Crippen LogP contribution in [0.5, 0.6) is 0 Å². The van der Waals surface area contributed by atoms with Gasteiger partial charge in [-0.1, -0.05) is 220 Å². The molecule has 5 nitrogen and oxygen atoms in total. The van der Waals surface area contributed by atoms with Crippen LogP contribution in [0.2, 0.25) is 0 Å². The standard InChI is InChI=1S/C27H31F3N.C27H34N.C26H32N.C25H30N.C23H26N/c1-17-13-25(31(7)16-20(17)4)24-14-23(18(2)12-19(24)3)22-10-8-21(9-11-22)15-26(5,6)27(28,29)30;1-18-13-26(28(8)17-21(18)4)25-15-24(19(2)12-20(25)3)23-11-9-10-22(14-23)16-27(5,6)7;1-17(2)11-22-9-8-10-23(14-22)24-15-25(20(5)12-19(24)4)26-13-18(3)21(6)16-27(26)7;1-16(2)21-9-8-10-22(13-21)23-14-24(19(5)11-18(23)4)25-12-17(3)20(6)15-26(25)7;1-15-8-7-9-20(10-15)21-13-22(18(4)11-17(21)3)23-12-16(2)19(5)14-24(23)6/h8-14,16H,15H2,1-7H3;9-15,17H,16H2,1-8H3;8-10,12-17H,11H2,1-7H3;8-16H,1-7H3;7-14H,1-6H3/q5*+1/i2D3,4D3,15D2;2D3,4D3,16D2;4D3,6D3,11D2;4D3,6D3,16D;3D3,5D3. The molecule has 10 aromatic carbocycles. The van der Waals surface area contributed by atoms with Crippen LogP contribution in [0.15, 0.2) is 243 Å². The Kier molecular flexibility index (Phi) is 20.4. The Morgan fingerprint density at radius 2 is 0.551 bits per heavy atom. The number of nitrogens with zero attached hydrogens (tertiary/aromatic N) is 5. The van der Waals surface area contributed by atoms with Crippen molar-refractivity contribution in [1.82, 2.24) is 0 Å². The van der Waals surface area contributed by atoms with Gasteiger partial charge in [0.25, 0.3) is 0 Å². The number of pyridine rings is 5. The van der Waals surface area contributed by atoms with Crippen molar-refractivity contribution in [1.29, 1.82) is 0 Å². The number of alkyl halides is 3. The summed E-state index contributed by atoms with van der Waals surface area (Å²) in [5.74, 6) is -1.08. The number of hydrogen-bond acceptors (Lipinski definition) is 0. The van der Waals surface area contributed by atoms with E-state index in [9.17, 15) is 13.2 Å². The molecule has 0 unspecified atom stereocenters. The van der Waals surface area contributed by atoms with Gasteiger partial charge in [-0.2, -0.15) is 13.2 Å². The normalized spacial score (nSPS) is 16.9. The number of aryl methyl sites for hydroxylation is 26. The SMILES string of the molecule is [2H]C([2H])([2H])c1c[n+](C)c(-c2cc(-c3ccc(C([2H])([2H])C(C)(C)C(F)(F)F)cc3)c(C([2H])([2H])[2H])cc2C)cc1C.[2H]C([2H])([2H])c1c[n+](C)c(-c2cc(-c3cccc(C([2H])(C)C)c3)c(C([2H])([2H])[2H])cc2C)cc1C.[2H]C([2H])([2H])c1c[n+](C)c(-c2cc(-c3cccc(C([2H])([2H])C(C)(C)C)c3)c(C([2H])([2H])[2H])cc2C)cc1C.[2H]C([2H])([2H])c1c[n+](C)c(-c2cc(-c3cccc(C([2H])([2H])C(C)C)c3)c(C([2H])([2H])[2H])cc2C)cc1C.[2H]C([2H])([2H])c1c[n+](C)c(-c2cc(-c3cccc(C)c3)c(C([2H])([2H])[2H])cc2C)cc1C. The molecule has 0 saturated carbocycles. The lowest BCUT2D eigenvalue weighted by Crippen LogP contribution is -2.34. The van der Waals surface area contributed by atoms with Crippen LogP contribution in [0, 0.1) is 161 Å². The lowest BCUT2D eigenvalue weighted by molar-refractivity contribution is -0.660. The molecule has 0 aliphatic rings. The highest BCUT2D eigenvalue weighted by atomic mass is 19.4. The molecule has 0 fully saturated rings. The Labute approximate surface area is 868 Å². The maximum atomic E-state index is 13.6. The summed E-state index contributed by atoms with van der Waals surface area (Å²) in [5.41, 5.74) is 22.0. The van der Waals surface area contributed by atoms with Crippen molar-refractivity contribution in [3.8, 4) is 112 Å². The minimum absolute atomic E-state index is 0.0358. The quantitative estimate of drug-likeness (QED) is 0.0859. The highest BCUT2D eigenvalue weighted by Crippen LogP contribution is 2.43. The van der Waals surface area contributed by atoms with E-state index in [1.807, 2.05) is 173 Å². The van der Waals surface area contributed by atoms with Gasteiger partial charge in [0.15, 0.2) is 31.0 Å². The van der Waals surface area contributed by atoms with Crippen LogP contribution in [0.25, 0.3) is 112 Å². The van der Waals surface area contributed by atoms with Gasteiger partial charge in [-0.3, -0.25) is 0 Å². The van der Waals surface area contributed by atoms with Crippen LogP contribution >= 0.6 is 0 Å². The molecule has 0 bridgehead atoms. The monoisotopic (exact) mass is 1850 g/mol. The molecule has 0 saturated heterocycles. The highest BCUT2D eigenvalue weighted by molar-refractivity contribution is 5.82. The third-order valence-electron chi connectivity index (χ3n) is 24.4. The van der Waals surface area contributed by atoms with Gasteiger partial charge in [-0.05, 0) is 373 Å². The first-order chi connectivity index (χ1) is 78.5. The van der Waals surface area contributed by atoms with E-state index in [0.717, 1.165) is 103 Å². The fourth-order valence-corrected chi connectivity index (χ4v) is 16.5. The predicted octanol–water partition coefficient (Wildman–Crippen LogP) is 31.7. The van der Waals surface area contributed by atoms with Crippen molar-refractivity contribution >= 4 is 0 Å². The second kappa shape index (κ2) is 43.4. The molecule has 0 radical (unpaired) electrons. The lowest BCUT2D eigenvalue weighted by atomic mass is 9.84. The van der Waals surface area contributed by atoms with Crippen molar-refractivity contribution in [2.45, 2.75) is 238 Å². The molecule has 0 spiro atoms. The second-order valence-corrected chi connectivity index (χ2v) is 38.0. The first-order valence-electron chi connectivity index (χ1n) is 63.9. The van der Waals surface area contributed by atoms with E-state index in [4.69, 9.17) is 50.7 Å². The zero-order valence-corrected chi connectivity index (χ0v) is 83.0. The van der Waals surface area contributed by atoms with E-state index in [1.165, 1.54) is 36.5 Å². The second-order valence-electron chi connectivity index (χ2n) is 38.0. The molecule has 0 amide bonds. The molecule has 15 rings (SSSR count). The van der Waals surface area contributed by atoms with Gasteiger partial charge >= 0.3 is 6.18 Å². The Hall–Kier alpha value is -12.3. The number of halogens is 3. The summed E-state index contributed by atoms with van der Waals surface area (Å²) in [6, 6.07) is 61.1. The zero-order valence-electron chi connectivity index (χ0n) is 120. The van der Waals surface area contributed by atoms with Crippen molar-refractivity contribution < 1.29 is 86.7 Å². The summed E-state index contributed by atoms with van der Waals surface area (Å²) in [5, 5.41) is 0. The molecule has 15 aromatic rings. The first-order valence-corrected chi connectivity index (χ1v) is 45.4. The lowest BCUT2D eigenvalue weighted by Gasteiger charge is -2.27. The Balaban J connectivity index is 0.000000202. The highest BCUT2D eigenvalue weighted by Gasteiger charge is 2.47.